The van der Waals surface area contributed by atoms with Gasteiger partial charge in [-0.15, -0.1) is 0 Å². The van der Waals surface area contributed by atoms with Crippen molar-refractivity contribution < 1.29 is 0 Å². The van der Waals surface area contributed by atoms with Gasteiger partial charge in [0.1, 0.15) is 0 Å². The molecule has 88 valence electrons. The van der Waals surface area contributed by atoms with Crippen LogP contribution in [0.3, 0.4) is 0 Å². The molecule has 1 aliphatic heterocycles. The second-order valence-corrected chi connectivity index (χ2v) is 5.90. The number of hydrogen-bond donors (Lipinski definition) is 0. The van der Waals surface area contributed by atoms with Crippen LogP contribution in [-0.4, -0.2) is 27.8 Å². The van der Waals surface area contributed by atoms with E-state index >= 15 is 0 Å². The minimum atomic E-state index is 0.663. The van der Waals surface area contributed by atoms with Gasteiger partial charge in [-0.1, -0.05) is 34.1 Å². The smallest absolute Gasteiger partial charge is 0.0705 e. The third kappa shape index (κ3) is 2.35. The molecular formula is C14H15BrN2. The fourth-order valence-electron chi connectivity index (χ4n) is 2.46. The molecule has 1 aromatic heterocycles. The van der Waals surface area contributed by atoms with Gasteiger partial charge in [-0.2, -0.15) is 0 Å². The van der Waals surface area contributed by atoms with Gasteiger partial charge in [-0.05, 0) is 30.7 Å². The minimum absolute atomic E-state index is 0.663. The van der Waals surface area contributed by atoms with Gasteiger partial charge >= 0.3 is 0 Å². The van der Waals surface area contributed by atoms with Crippen molar-refractivity contribution in [2.45, 2.75) is 17.8 Å². The van der Waals surface area contributed by atoms with Gasteiger partial charge in [0.15, 0.2) is 0 Å². The number of likely N-dealkylation sites (tertiary alicyclic amines) is 1. The second-order valence-electron chi connectivity index (χ2n) is 4.61. The summed E-state index contributed by atoms with van der Waals surface area (Å²) in [5.74, 6) is 0. The maximum absolute atomic E-state index is 4.40. The predicted molar refractivity (Wildman–Crippen MR) is 74.4 cm³/mol. The molecule has 1 saturated heterocycles. The maximum Gasteiger partial charge on any atom is 0.0705 e. The topological polar surface area (TPSA) is 16.1 Å². The molecule has 1 unspecified atom stereocenters. The van der Waals surface area contributed by atoms with Crippen molar-refractivity contribution in [1.82, 2.24) is 9.88 Å². The van der Waals surface area contributed by atoms with Crippen LogP contribution in [0.25, 0.3) is 10.9 Å². The lowest BCUT2D eigenvalue weighted by molar-refractivity contribution is 0.334. The predicted octanol–water partition coefficient (Wildman–Crippen LogP) is 3.20. The lowest BCUT2D eigenvalue weighted by atomic mass is 10.1. The molecule has 1 fully saturated rings. The largest absolute Gasteiger partial charge is 0.298 e. The van der Waals surface area contributed by atoms with Crippen molar-refractivity contribution in [2.24, 2.45) is 0 Å². The van der Waals surface area contributed by atoms with E-state index in [1.165, 1.54) is 23.9 Å². The first-order chi connectivity index (χ1) is 8.33. The molecule has 2 aromatic rings. The summed E-state index contributed by atoms with van der Waals surface area (Å²) in [5, 5.41) is 1.29. The molecule has 0 amide bonds. The number of rotatable bonds is 2. The third-order valence-corrected chi connectivity index (χ3v) is 4.10. The Hall–Kier alpha value is -0.930. The Kier molecular flexibility index (Phi) is 3.12. The Morgan fingerprint density at radius 2 is 2.18 bits per heavy atom. The highest BCUT2D eigenvalue weighted by atomic mass is 79.9. The number of hydrogen-bond acceptors (Lipinski definition) is 2. The van der Waals surface area contributed by atoms with Crippen LogP contribution in [0.1, 0.15) is 12.0 Å². The Balaban J connectivity index is 1.90. The molecule has 1 aromatic carbocycles. The number of nitrogens with zero attached hydrogens (tertiary/aromatic N) is 2. The number of halogens is 1. The first-order valence-electron chi connectivity index (χ1n) is 6.02. The van der Waals surface area contributed by atoms with Crippen molar-refractivity contribution in [3.8, 4) is 0 Å². The molecular weight excluding hydrogens is 276 g/mol. The number of fused-ring (bicyclic) bond motifs is 1. The fourth-order valence-corrected chi connectivity index (χ4v) is 3.08. The van der Waals surface area contributed by atoms with Crippen LogP contribution < -0.4 is 0 Å². The van der Waals surface area contributed by atoms with Crippen LogP contribution in [0.4, 0.5) is 0 Å². The summed E-state index contributed by atoms with van der Waals surface area (Å²) in [6.45, 7) is 3.37. The molecule has 1 aliphatic rings. The van der Waals surface area contributed by atoms with Crippen LogP contribution in [-0.2, 0) is 6.54 Å². The molecule has 0 bridgehead atoms. The Morgan fingerprint density at radius 3 is 3.00 bits per heavy atom. The number of pyridine rings is 1. The summed E-state index contributed by atoms with van der Waals surface area (Å²) in [5.41, 5.74) is 2.48. The average molecular weight is 291 g/mol. The molecule has 0 saturated carbocycles. The second kappa shape index (κ2) is 4.75. The molecule has 17 heavy (non-hydrogen) atoms. The van der Waals surface area contributed by atoms with Crippen molar-refractivity contribution in [3.05, 3.63) is 42.1 Å². The maximum atomic E-state index is 4.40. The highest BCUT2D eigenvalue weighted by Gasteiger charge is 2.20. The minimum Gasteiger partial charge on any atom is -0.298 e. The highest BCUT2D eigenvalue weighted by molar-refractivity contribution is 9.09. The van der Waals surface area contributed by atoms with Gasteiger partial charge in [0.25, 0.3) is 0 Å². The molecule has 0 spiro atoms. The van der Waals surface area contributed by atoms with E-state index in [-0.39, 0.29) is 0 Å². The van der Waals surface area contributed by atoms with Crippen LogP contribution in [0.2, 0.25) is 0 Å². The van der Waals surface area contributed by atoms with Crippen molar-refractivity contribution >= 4 is 26.8 Å². The number of benzene rings is 1. The summed E-state index contributed by atoms with van der Waals surface area (Å²) in [6.07, 6.45) is 3.17. The van der Waals surface area contributed by atoms with Gasteiger partial charge < -0.3 is 0 Å². The average Bonchev–Trinajstić information content (AvgIpc) is 2.75. The monoisotopic (exact) mass is 290 g/mol. The molecule has 1 atom stereocenters. The molecule has 0 radical (unpaired) electrons. The first-order valence-corrected chi connectivity index (χ1v) is 6.93. The zero-order chi connectivity index (χ0) is 11.7. The SMILES string of the molecule is BrC1CCN(Cc2ccnc3ccccc23)C1. The molecule has 0 N–H and O–H groups in total. The van der Waals surface area contributed by atoms with Crippen molar-refractivity contribution in [2.75, 3.05) is 13.1 Å². The number of para-hydroxylation sites is 1. The normalized spacial score (nSPS) is 21.1. The fraction of sp³-hybridized carbons (Fsp3) is 0.357. The van der Waals surface area contributed by atoms with Gasteiger partial charge in [-0.3, -0.25) is 9.88 Å². The summed E-state index contributed by atoms with van der Waals surface area (Å²) in [7, 11) is 0. The van der Waals surface area contributed by atoms with Crippen LogP contribution in [0.15, 0.2) is 36.5 Å². The van der Waals surface area contributed by atoms with Gasteiger partial charge in [0.05, 0.1) is 5.52 Å². The summed E-state index contributed by atoms with van der Waals surface area (Å²) in [6, 6.07) is 10.5. The van der Waals surface area contributed by atoms with Crippen molar-refractivity contribution in [1.29, 1.82) is 0 Å². The molecule has 2 nitrogen and oxygen atoms in total. The molecule has 3 heteroatoms. The zero-order valence-electron chi connectivity index (χ0n) is 9.64. The number of alkyl halides is 1. The van der Waals surface area contributed by atoms with Gasteiger partial charge in [0, 0.05) is 29.5 Å². The van der Waals surface area contributed by atoms with Gasteiger partial charge in [-0.25, -0.2) is 0 Å². The van der Waals surface area contributed by atoms with E-state index in [0.717, 1.165) is 18.6 Å². The summed E-state index contributed by atoms with van der Waals surface area (Å²) in [4.78, 5) is 7.57. The Labute approximate surface area is 110 Å². The zero-order valence-corrected chi connectivity index (χ0v) is 11.2. The summed E-state index contributed by atoms with van der Waals surface area (Å²) < 4.78 is 0. The molecule has 0 aliphatic carbocycles. The van der Waals surface area contributed by atoms with Crippen molar-refractivity contribution in [3.63, 3.8) is 0 Å². The first kappa shape index (κ1) is 11.2. The van der Waals surface area contributed by atoms with E-state index < -0.39 is 0 Å². The standard InChI is InChI=1S/C14H15BrN2/c15-12-6-8-17(10-12)9-11-5-7-16-14-4-2-1-3-13(11)14/h1-5,7,12H,6,8-10H2. The van der Waals surface area contributed by atoms with Gasteiger partial charge in [0.2, 0.25) is 0 Å². The van der Waals surface area contributed by atoms with E-state index in [2.05, 4.69) is 50.1 Å². The van der Waals surface area contributed by atoms with Crippen LogP contribution in [0.5, 0.6) is 0 Å². The number of aromatic nitrogens is 1. The van der Waals surface area contributed by atoms with Crippen LogP contribution in [0, 0.1) is 0 Å². The highest BCUT2D eigenvalue weighted by Crippen LogP contribution is 2.22. The van der Waals surface area contributed by atoms with E-state index in [0.29, 0.717) is 4.83 Å². The van der Waals surface area contributed by atoms with E-state index in [4.69, 9.17) is 0 Å². The Morgan fingerprint density at radius 1 is 1.29 bits per heavy atom. The van der Waals surface area contributed by atoms with Crippen LogP contribution >= 0.6 is 15.9 Å². The van der Waals surface area contributed by atoms with E-state index in [1.54, 1.807) is 0 Å². The Bertz CT molecular complexity index is 521. The molecule has 3 rings (SSSR count). The van der Waals surface area contributed by atoms with E-state index in [1.807, 2.05) is 12.3 Å². The third-order valence-electron chi connectivity index (χ3n) is 3.35. The lowest BCUT2D eigenvalue weighted by Crippen LogP contribution is -2.20. The summed E-state index contributed by atoms with van der Waals surface area (Å²) >= 11 is 3.69. The van der Waals surface area contributed by atoms with E-state index in [9.17, 15) is 0 Å². The molecule has 2 heterocycles. The lowest BCUT2D eigenvalue weighted by Gasteiger charge is -2.16. The quantitative estimate of drug-likeness (QED) is 0.790.